The molecule has 0 unspecified atom stereocenters. The van der Waals surface area contributed by atoms with E-state index in [1.807, 2.05) is 36.4 Å². The summed E-state index contributed by atoms with van der Waals surface area (Å²) in [5.74, 6) is -0.0930. The Balaban J connectivity index is 1.51. The van der Waals surface area contributed by atoms with Crippen molar-refractivity contribution in [3.05, 3.63) is 130 Å². The quantitative estimate of drug-likeness (QED) is 0.118. The molecule has 0 saturated carbocycles. The van der Waals surface area contributed by atoms with E-state index in [1.54, 1.807) is 79.9 Å². The van der Waals surface area contributed by atoms with Crippen molar-refractivity contribution in [2.75, 3.05) is 18.2 Å². The van der Waals surface area contributed by atoms with Gasteiger partial charge in [0, 0.05) is 31.7 Å². The van der Waals surface area contributed by atoms with Crippen LogP contribution in [0.1, 0.15) is 26.3 Å². The van der Waals surface area contributed by atoms with Crippen LogP contribution in [-0.2, 0) is 4.79 Å². The molecule has 4 aromatic carbocycles. The third-order valence-electron chi connectivity index (χ3n) is 5.60. The average Bonchev–Trinajstić information content (AvgIpc) is 2.96. The molecular formula is C31H25BrN2O4S. The van der Waals surface area contributed by atoms with E-state index in [4.69, 9.17) is 4.74 Å². The molecule has 4 rings (SSSR count). The van der Waals surface area contributed by atoms with Gasteiger partial charge in [-0.1, -0.05) is 70.5 Å². The van der Waals surface area contributed by atoms with Crippen molar-refractivity contribution in [2.45, 2.75) is 4.90 Å². The molecule has 2 amide bonds. The van der Waals surface area contributed by atoms with Crippen molar-refractivity contribution in [1.82, 2.24) is 5.32 Å². The van der Waals surface area contributed by atoms with Gasteiger partial charge in [-0.25, -0.2) is 0 Å². The van der Waals surface area contributed by atoms with Crippen LogP contribution in [0, 0.1) is 0 Å². The number of amides is 2. The lowest BCUT2D eigenvalue weighted by Crippen LogP contribution is -2.30. The number of halogens is 1. The van der Waals surface area contributed by atoms with Gasteiger partial charge in [0.05, 0.1) is 12.9 Å². The molecule has 8 heteroatoms. The summed E-state index contributed by atoms with van der Waals surface area (Å²) >= 11 is 4.75. The van der Waals surface area contributed by atoms with Crippen molar-refractivity contribution in [2.24, 2.45) is 0 Å². The molecule has 39 heavy (non-hydrogen) atoms. The molecule has 0 heterocycles. The molecule has 0 saturated heterocycles. The normalized spacial score (nSPS) is 11.0. The van der Waals surface area contributed by atoms with Crippen LogP contribution >= 0.6 is 27.7 Å². The van der Waals surface area contributed by atoms with Gasteiger partial charge in [0.15, 0.2) is 5.78 Å². The molecule has 0 aromatic heterocycles. The second kappa shape index (κ2) is 13.6. The zero-order valence-electron chi connectivity index (χ0n) is 21.0. The van der Waals surface area contributed by atoms with E-state index in [2.05, 4.69) is 26.6 Å². The second-order valence-electron chi connectivity index (χ2n) is 8.32. The highest BCUT2D eigenvalue weighted by Crippen LogP contribution is 2.24. The Morgan fingerprint density at radius 3 is 2.31 bits per heavy atom. The highest BCUT2D eigenvalue weighted by atomic mass is 79.9. The van der Waals surface area contributed by atoms with Crippen LogP contribution in [0.15, 0.2) is 118 Å². The lowest BCUT2D eigenvalue weighted by molar-refractivity contribution is -0.113. The molecule has 0 fully saturated rings. The van der Waals surface area contributed by atoms with Gasteiger partial charge in [-0.3, -0.25) is 14.4 Å². The van der Waals surface area contributed by atoms with Crippen LogP contribution in [0.5, 0.6) is 5.75 Å². The van der Waals surface area contributed by atoms with E-state index in [9.17, 15) is 14.4 Å². The minimum atomic E-state index is -0.502. The van der Waals surface area contributed by atoms with Gasteiger partial charge in [0.2, 0.25) is 0 Å². The van der Waals surface area contributed by atoms with Gasteiger partial charge in [0.25, 0.3) is 11.8 Å². The summed E-state index contributed by atoms with van der Waals surface area (Å²) in [7, 11) is 1.54. The van der Waals surface area contributed by atoms with Gasteiger partial charge < -0.3 is 15.4 Å². The average molecular weight is 602 g/mol. The predicted molar refractivity (Wildman–Crippen MR) is 159 cm³/mol. The zero-order chi connectivity index (χ0) is 27.6. The van der Waals surface area contributed by atoms with Crippen molar-refractivity contribution in [1.29, 1.82) is 0 Å². The fraction of sp³-hybridized carbons (Fsp3) is 0.0645. The van der Waals surface area contributed by atoms with Crippen molar-refractivity contribution in [3.8, 4) is 5.75 Å². The third kappa shape index (κ3) is 7.92. The van der Waals surface area contributed by atoms with E-state index >= 15 is 0 Å². The molecule has 0 aliphatic carbocycles. The molecule has 0 aliphatic heterocycles. The number of thioether (sulfide) groups is 1. The summed E-state index contributed by atoms with van der Waals surface area (Å²) in [4.78, 5) is 39.7. The number of Topliss-reactive ketones (excluding diaryl/α,β-unsaturated/α-hetero) is 1. The van der Waals surface area contributed by atoms with Crippen molar-refractivity contribution < 1.29 is 19.1 Å². The number of carbonyl (C=O) groups excluding carboxylic acids is 3. The van der Waals surface area contributed by atoms with Crippen LogP contribution in [0.2, 0.25) is 0 Å². The van der Waals surface area contributed by atoms with E-state index < -0.39 is 11.8 Å². The number of ether oxygens (including phenoxy) is 1. The number of para-hydroxylation sites is 1. The summed E-state index contributed by atoms with van der Waals surface area (Å²) < 4.78 is 6.32. The Hall–Kier alpha value is -4.14. The maximum absolute atomic E-state index is 13.4. The number of carbonyl (C=O) groups is 3. The van der Waals surface area contributed by atoms with Crippen LogP contribution in [0.25, 0.3) is 6.08 Å². The largest absolute Gasteiger partial charge is 0.496 e. The molecule has 4 aromatic rings. The Labute approximate surface area is 239 Å². The van der Waals surface area contributed by atoms with Gasteiger partial charge in [-0.15, -0.1) is 11.8 Å². The summed E-state index contributed by atoms with van der Waals surface area (Å²) in [6.45, 7) is 0. The summed E-state index contributed by atoms with van der Waals surface area (Å²) in [6.07, 6.45) is 1.57. The fourth-order valence-electron chi connectivity index (χ4n) is 3.61. The number of anilines is 1. The summed E-state index contributed by atoms with van der Waals surface area (Å²) in [5, 5.41) is 5.59. The van der Waals surface area contributed by atoms with E-state index in [-0.39, 0.29) is 17.2 Å². The number of hydrogen-bond donors (Lipinski definition) is 2. The Bertz CT molecular complexity index is 1500. The molecule has 0 radical (unpaired) electrons. The monoisotopic (exact) mass is 600 g/mol. The standard InChI is InChI=1S/C31H25BrN2O4S/c1-38-29-13-6-5-10-23(29)18-27(34-30(36)22-8-3-2-4-9-22)31(37)33-25-11-7-12-26(19-25)39-20-28(35)21-14-16-24(32)17-15-21/h2-19H,20H2,1H3,(H,33,37)(H,34,36)/b27-18-. The first-order chi connectivity index (χ1) is 18.9. The Morgan fingerprint density at radius 2 is 1.56 bits per heavy atom. The van der Waals surface area contributed by atoms with Gasteiger partial charge in [-0.05, 0) is 54.6 Å². The van der Waals surface area contributed by atoms with E-state index in [1.165, 1.54) is 11.8 Å². The Morgan fingerprint density at radius 1 is 0.846 bits per heavy atom. The maximum Gasteiger partial charge on any atom is 0.272 e. The van der Waals surface area contributed by atoms with Gasteiger partial charge in [0.1, 0.15) is 11.4 Å². The number of rotatable bonds is 10. The first-order valence-electron chi connectivity index (χ1n) is 12.0. The zero-order valence-corrected chi connectivity index (χ0v) is 23.4. The topological polar surface area (TPSA) is 84.5 Å². The summed E-state index contributed by atoms with van der Waals surface area (Å²) in [5.41, 5.74) is 2.27. The molecule has 0 spiro atoms. The lowest BCUT2D eigenvalue weighted by atomic mass is 10.1. The van der Waals surface area contributed by atoms with E-state index in [0.29, 0.717) is 28.1 Å². The second-order valence-corrected chi connectivity index (χ2v) is 10.3. The maximum atomic E-state index is 13.4. The molecule has 0 bridgehead atoms. The summed E-state index contributed by atoms with van der Waals surface area (Å²) in [6, 6.07) is 30.3. The highest BCUT2D eigenvalue weighted by Gasteiger charge is 2.16. The molecule has 2 N–H and O–H groups in total. The number of benzene rings is 4. The minimum Gasteiger partial charge on any atom is -0.496 e. The number of nitrogens with one attached hydrogen (secondary N) is 2. The first-order valence-corrected chi connectivity index (χ1v) is 13.7. The van der Waals surface area contributed by atoms with Crippen molar-refractivity contribution in [3.63, 3.8) is 0 Å². The van der Waals surface area contributed by atoms with Crippen LogP contribution < -0.4 is 15.4 Å². The lowest BCUT2D eigenvalue weighted by Gasteiger charge is -2.13. The highest BCUT2D eigenvalue weighted by molar-refractivity contribution is 9.10. The number of methoxy groups -OCH3 is 1. The smallest absolute Gasteiger partial charge is 0.272 e. The first kappa shape index (κ1) is 27.9. The molecular weight excluding hydrogens is 576 g/mol. The SMILES string of the molecule is COc1ccccc1/C=C(\NC(=O)c1ccccc1)C(=O)Nc1cccc(SCC(=O)c2ccc(Br)cc2)c1. The van der Waals surface area contributed by atoms with Crippen molar-refractivity contribution >= 4 is 57.1 Å². The molecule has 0 atom stereocenters. The number of ketones is 1. The van der Waals surface area contributed by atoms with Crippen LogP contribution in [0.4, 0.5) is 5.69 Å². The molecule has 0 aliphatic rings. The number of hydrogen-bond acceptors (Lipinski definition) is 5. The van der Waals surface area contributed by atoms with Gasteiger partial charge in [-0.2, -0.15) is 0 Å². The van der Waals surface area contributed by atoms with Crippen LogP contribution in [0.3, 0.4) is 0 Å². The fourth-order valence-corrected chi connectivity index (χ4v) is 4.73. The van der Waals surface area contributed by atoms with Gasteiger partial charge >= 0.3 is 0 Å². The van der Waals surface area contributed by atoms with E-state index in [0.717, 1.165) is 9.37 Å². The molecule has 6 nitrogen and oxygen atoms in total. The third-order valence-corrected chi connectivity index (χ3v) is 7.12. The minimum absolute atomic E-state index is 0.00703. The Kier molecular flexibility index (Phi) is 9.72. The molecule has 196 valence electrons. The van der Waals surface area contributed by atoms with Crippen LogP contribution in [-0.4, -0.2) is 30.5 Å². The predicted octanol–water partition coefficient (Wildman–Crippen LogP) is 6.84.